The molecule has 0 aliphatic carbocycles. The van der Waals surface area contributed by atoms with Crippen molar-refractivity contribution in [3.63, 3.8) is 0 Å². The summed E-state index contributed by atoms with van der Waals surface area (Å²) < 4.78 is 16.8. The highest BCUT2D eigenvalue weighted by atomic mass is 16.5. The highest BCUT2D eigenvalue weighted by molar-refractivity contribution is 5.95. The lowest BCUT2D eigenvalue weighted by atomic mass is 9.91. The van der Waals surface area contributed by atoms with E-state index in [2.05, 4.69) is 10.6 Å². The summed E-state index contributed by atoms with van der Waals surface area (Å²) in [7, 11) is 1.33. The maximum atomic E-state index is 12.6. The molecule has 0 fully saturated rings. The van der Waals surface area contributed by atoms with Crippen LogP contribution in [-0.2, 0) is 16.1 Å². The van der Waals surface area contributed by atoms with E-state index in [1.165, 1.54) is 12.7 Å². The normalized spacial score (nSPS) is 15.8. The second-order valence-corrected chi connectivity index (χ2v) is 7.92. The molecule has 2 amide bonds. The molecule has 170 valence electrons. The van der Waals surface area contributed by atoms with Crippen LogP contribution < -0.4 is 20.1 Å². The number of ether oxygens (including phenoxy) is 3. The van der Waals surface area contributed by atoms with Crippen LogP contribution in [-0.4, -0.2) is 25.7 Å². The van der Waals surface area contributed by atoms with Gasteiger partial charge < -0.3 is 24.8 Å². The number of esters is 1. The zero-order valence-corrected chi connectivity index (χ0v) is 19.2. The molecule has 1 heterocycles. The lowest BCUT2D eigenvalue weighted by Gasteiger charge is -2.31. The number of carbonyl (C=O) groups is 2. The SMILES string of the molecule is CCOc1cc(C2NC(=O)NC(C(C)C)=C2C(=O)OC)ccc1OCc1ccc(C)cc1. The molecular formula is C25H30N2O5. The monoisotopic (exact) mass is 438 g/mol. The van der Waals surface area contributed by atoms with E-state index in [4.69, 9.17) is 14.2 Å². The zero-order chi connectivity index (χ0) is 23.3. The van der Waals surface area contributed by atoms with Crippen molar-refractivity contribution in [2.45, 2.75) is 40.3 Å². The molecule has 2 aromatic rings. The Kier molecular flexibility index (Phi) is 7.41. The van der Waals surface area contributed by atoms with E-state index < -0.39 is 12.0 Å². The quantitative estimate of drug-likeness (QED) is 0.597. The fraction of sp³-hybridized carbons (Fsp3) is 0.360. The zero-order valence-electron chi connectivity index (χ0n) is 19.2. The van der Waals surface area contributed by atoms with Crippen LogP contribution in [0.15, 0.2) is 53.7 Å². The third kappa shape index (κ3) is 5.22. The molecule has 1 aliphatic heterocycles. The summed E-state index contributed by atoms with van der Waals surface area (Å²) in [5.74, 6) is 0.564. The fourth-order valence-corrected chi connectivity index (χ4v) is 3.56. The maximum absolute atomic E-state index is 12.6. The molecule has 7 heteroatoms. The number of hydrogen-bond donors (Lipinski definition) is 2. The molecule has 0 aromatic heterocycles. The predicted molar refractivity (Wildman–Crippen MR) is 121 cm³/mol. The molecule has 1 unspecified atom stereocenters. The second-order valence-electron chi connectivity index (χ2n) is 7.92. The highest BCUT2D eigenvalue weighted by Crippen LogP contribution is 2.36. The van der Waals surface area contributed by atoms with Gasteiger partial charge in [-0.2, -0.15) is 0 Å². The summed E-state index contributed by atoms with van der Waals surface area (Å²) in [6.07, 6.45) is 0. The molecule has 0 saturated heterocycles. The van der Waals surface area contributed by atoms with E-state index in [1.54, 1.807) is 12.1 Å². The van der Waals surface area contributed by atoms with Crippen molar-refractivity contribution in [2.75, 3.05) is 13.7 Å². The average Bonchev–Trinajstić information content (AvgIpc) is 2.78. The van der Waals surface area contributed by atoms with Crippen LogP contribution in [0.2, 0.25) is 0 Å². The topological polar surface area (TPSA) is 85.9 Å². The Morgan fingerprint density at radius 1 is 1.06 bits per heavy atom. The standard InChI is InChI=1S/C25H30N2O5/c1-6-31-20-13-18(11-12-19(20)32-14-17-9-7-16(4)8-10-17)23-21(24(28)30-5)22(15(2)3)26-25(29)27-23/h7-13,15,23H,6,14H2,1-5H3,(H2,26,27,29). The third-order valence-electron chi connectivity index (χ3n) is 5.20. The Hall–Kier alpha value is -3.48. The largest absolute Gasteiger partial charge is 0.490 e. The molecule has 2 aromatic carbocycles. The Morgan fingerprint density at radius 3 is 2.41 bits per heavy atom. The van der Waals surface area contributed by atoms with E-state index >= 15 is 0 Å². The van der Waals surface area contributed by atoms with Gasteiger partial charge in [0.25, 0.3) is 0 Å². The van der Waals surface area contributed by atoms with Crippen LogP contribution in [0.4, 0.5) is 4.79 Å². The van der Waals surface area contributed by atoms with Crippen molar-refractivity contribution in [1.82, 2.24) is 10.6 Å². The Morgan fingerprint density at radius 2 is 1.78 bits per heavy atom. The Bertz CT molecular complexity index is 1010. The van der Waals surface area contributed by atoms with E-state index in [1.807, 2.05) is 58.0 Å². The number of amides is 2. The van der Waals surface area contributed by atoms with Gasteiger partial charge in [-0.05, 0) is 43.0 Å². The smallest absolute Gasteiger partial charge is 0.337 e. The molecule has 1 atom stereocenters. The fourth-order valence-electron chi connectivity index (χ4n) is 3.56. The maximum Gasteiger partial charge on any atom is 0.337 e. The number of allylic oxidation sites excluding steroid dienone is 1. The minimum absolute atomic E-state index is 0.0684. The van der Waals surface area contributed by atoms with E-state index in [0.29, 0.717) is 41.5 Å². The van der Waals surface area contributed by atoms with Gasteiger partial charge in [0.2, 0.25) is 0 Å². The Balaban J connectivity index is 1.95. The molecule has 0 spiro atoms. The summed E-state index contributed by atoms with van der Waals surface area (Å²) in [5.41, 5.74) is 3.85. The number of nitrogens with one attached hydrogen (secondary N) is 2. The van der Waals surface area contributed by atoms with E-state index in [-0.39, 0.29) is 11.9 Å². The first-order valence-corrected chi connectivity index (χ1v) is 10.7. The van der Waals surface area contributed by atoms with Crippen molar-refractivity contribution in [3.8, 4) is 11.5 Å². The minimum atomic E-state index is -0.668. The van der Waals surface area contributed by atoms with Crippen LogP contribution in [0.5, 0.6) is 11.5 Å². The van der Waals surface area contributed by atoms with Crippen molar-refractivity contribution in [2.24, 2.45) is 5.92 Å². The van der Waals surface area contributed by atoms with Crippen LogP contribution in [0.25, 0.3) is 0 Å². The summed E-state index contributed by atoms with van der Waals surface area (Å²) in [5, 5.41) is 5.58. The number of carbonyl (C=O) groups excluding carboxylic acids is 2. The van der Waals surface area contributed by atoms with Crippen molar-refractivity contribution in [3.05, 3.63) is 70.4 Å². The molecule has 1 aliphatic rings. The van der Waals surface area contributed by atoms with E-state index in [0.717, 1.165) is 5.56 Å². The summed E-state index contributed by atoms with van der Waals surface area (Å²) in [6.45, 7) is 8.59. The number of methoxy groups -OCH3 is 1. The van der Waals surface area contributed by atoms with Gasteiger partial charge in [0.05, 0.1) is 25.3 Å². The van der Waals surface area contributed by atoms with E-state index in [9.17, 15) is 9.59 Å². The van der Waals surface area contributed by atoms with Crippen molar-refractivity contribution >= 4 is 12.0 Å². The highest BCUT2D eigenvalue weighted by Gasteiger charge is 2.34. The third-order valence-corrected chi connectivity index (χ3v) is 5.20. The molecule has 0 bridgehead atoms. The van der Waals surface area contributed by atoms with Gasteiger partial charge in [0.1, 0.15) is 6.61 Å². The van der Waals surface area contributed by atoms with Gasteiger partial charge in [-0.1, -0.05) is 49.7 Å². The van der Waals surface area contributed by atoms with Crippen molar-refractivity contribution in [1.29, 1.82) is 0 Å². The lowest BCUT2D eigenvalue weighted by Crippen LogP contribution is -2.47. The van der Waals surface area contributed by atoms with Crippen LogP contribution >= 0.6 is 0 Å². The van der Waals surface area contributed by atoms with Gasteiger partial charge >= 0.3 is 12.0 Å². The number of benzene rings is 2. The van der Waals surface area contributed by atoms with Crippen LogP contribution in [0.1, 0.15) is 43.5 Å². The van der Waals surface area contributed by atoms with Crippen LogP contribution in [0, 0.1) is 12.8 Å². The molecular weight excluding hydrogens is 408 g/mol. The molecule has 2 N–H and O–H groups in total. The predicted octanol–water partition coefficient (Wildman–Crippen LogP) is 4.41. The first-order valence-electron chi connectivity index (χ1n) is 10.7. The van der Waals surface area contributed by atoms with Gasteiger partial charge in [0.15, 0.2) is 11.5 Å². The summed E-state index contributed by atoms with van der Waals surface area (Å²) in [6, 6.07) is 12.5. The molecule has 3 rings (SSSR count). The molecule has 0 radical (unpaired) electrons. The van der Waals surface area contributed by atoms with Gasteiger partial charge in [-0.25, -0.2) is 9.59 Å². The van der Waals surface area contributed by atoms with Gasteiger partial charge in [-0.3, -0.25) is 0 Å². The van der Waals surface area contributed by atoms with Gasteiger partial charge in [-0.15, -0.1) is 0 Å². The molecule has 32 heavy (non-hydrogen) atoms. The lowest BCUT2D eigenvalue weighted by molar-refractivity contribution is -0.136. The number of aryl methyl sites for hydroxylation is 1. The average molecular weight is 439 g/mol. The first kappa shape index (κ1) is 23.2. The Labute approximate surface area is 188 Å². The van der Waals surface area contributed by atoms with Crippen molar-refractivity contribution < 1.29 is 23.8 Å². The van der Waals surface area contributed by atoms with Crippen LogP contribution in [0.3, 0.4) is 0 Å². The number of hydrogen-bond acceptors (Lipinski definition) is 5. The van der Waals surface area contributed by atoms with Gasteiger partial charge in [0, 0.05) is 5.70 Å². The first-order chi connectivity index (χ1) is 15.3. The summed E-state index contributed by atoms with van der Waals surface area (Å²) in [4.78, 5) is 24.9. The molecule has 7 nitrogen and oxygen atoms in total. The second kappa shape index (κ2) is 10.2. The summed E-state index contributed by atoms with van der Waals surface area (Å²) >= 11 is 0. The number of rotatable bonds is 8. The minimum Gasteiger partial charge on any atom is -0.490 e. The number of urea groups is 1. The molecule has 0 saturated carbocycles.